The lowest BCUT2D eigenvalue weighted by atomic mass is 9.77. The van der Waals surface area contributed by atoms with Crippen LogP contribution in [0.4, 0.5) is 0 Å². The van der Waals surface area contributed by atoms with Gasteiger partial charge < -0.3 is 9.47 Å². The molecule has 0 N–H and O–H groups in total. The van der Waals surface area contributed by atoms with E-state index in [0.29, 0.717) is 13.2 Å². The van der Waals surface area contributed by atoms with Gasteiger partial charge in [-0.3, -0.25) is 0 Å². The lowest BCUT2D eigenvalue weighted by Crippen LogP contribution is -2.22. The van der Waals surface area contributed by atoms with Crippen LogP contribution in [0.1, 0.15) is 37.8 Å². The minimum Gasteiger partial charge on any atom is -0.492 e. The van der Waals surface area contributed by atoms with Gasteiger partial charge in [0.1, 0.15) is 11.5 Å². The first-order valence-electron chi connectivity index (χ1n) is 9.09. The molecule has 0 aliphatic rings. The van der Waals surface area contributed by atoms with Crippen molar-refractivity contribution in [3.63, 3.8) is 0 Å². The maximum absolute atomic E-state index is 6.20. The third kappa shape index (κ3) is 6.95. The Labute approximate surface area is 223 Å². The van der Waals surface area contributed by atoms with E-state index in [-0.39, 0.29) is 5.41 Å². The Bertz CT molecular complexity index is 771. The summed E-state index contributed by atoms with van der Waals surface area (Å²) >= 11 is 21.6. The average Bonchev–Trinajstić information content (AvgIpc) is 2.64. The van der Waals surface area contributed by atoms with Gasteiger partial charge in [-0.05, 0) is 69.0 Å². The molecule has 0 radical (unpaired) electrons. The summed E-state index contributed by atoms with van der Waals surface area (Å²) in [7, 11) is 0. The van der Waals surface area contributed by atoms with E-state index in [4.69, 9.17) is 9.47 Å². The highest BCUT2D eigenvalue weighted by molar-refractivity contribution is 9.11. The van der Waals surface area contributed by atoms with Gasteiger partial charge in [-0.25, -0.2) is 0 Å². The predicted molar refractivity (Wildman–Crippen MR) is 144 cm³/mol. The van der Waals surface area contributed by atoms with Crippen molar-refractivity contribution in [3.05, 3.63) is 53.3 Å². The SMILES string of the molecule is CC(C)(c1cc(Br)cc(Br)c1OCCCBr)c1cc(Br)cc(Br)c1OCCCBr. The van der Waals surface area contributed by atoms with Crippen LogP contribution in [0.3, 0.4) is 0 Å². The van der Waals surface area contributed by atoms with Gasteiger partial charge in [0.05, 0.1) is 22.2 Å². The van der Waals surface area contributed by atoms with Crippen molar-refractivity contribution in [1.82, 2.24) is 0 Å². The minimum atomic E-state index is -0.369. The third-order valence-electron chi connectivity index (χ3n) is 4.41. The van der Waals surface area contributed by atoms with Crippen LogP contribution in [0.5, 0.6) is 11.5 Å². The number of rotatable bonds is 10. The van der Waals surface area contributed by atoms with Crippen LogP contribution >= 0.6 is 95.6 Å². The molecule has 0 amide bonds. The molecule has 2 nitrogen and oxygen atoms in total. The third-order valence-corrected chi connectivity index (χ3v) is 7.63. The lowest BCUT2D eigenvalue weighted by Gasteiger charge is -2.31. The first kappa shape index (κ1) is 26.2. The van der Waals surface area contributed by atoms with Crippen LogP contribution in [0.2, 0.25) is 0 Å². The Morgan fingerprint density at radius 3 is 1.41 bits per heavy atom. The molecule has 0 saturated heterocycles. The van der Waals surface area contributed by atoms with Crippen molar-refractivity contribution < 1.29 is 9.47 Å². The minimum absolute atomic E-state index is 0.369. The Balaban J connectivity index is 2.60. The fourth-order valence-corrected chi connectivity index (χ4v) is 6.08. The number of hydrogen-bond donors (Lipinski definition) is 0. The molecular weight excluding hydrogens is 764 g/mol. The summed E-state index contributed by atoms with van der Waals surface area (Å²) in [5.41, 5.74) is 1.80. The zero-order valence-corrected chi connectivity index (χ0v) is 25.7. The molecule has 2 aromatic rings. The highest BCUT2D eigenvalue weighted by atomic mass is 79.9. The molecule has 0 bridgehead atoms. The molecule has 0 fully saturated rings. The van der Waals surface area contributed by atoms with E-state index in [1.807, 2.05) is 12.1 Å². The maximum atomic E-state index is 6.20. The number of benzene rings is 2. The van der Waals surface area contributed by atoms with Crippen LogP contribution in [-0.2, 0) is 5.41 Å². The van der Waals surface area contributed by atoms with E-state index < -0.39 is 0 Å². The molecule has 0 spiro atoms. The van der Waals surface area contributed by atoms with Crippen molar-refractivity contribution in [2.24, 2.45) is 0 Å². The van der Waals surface area contributed by atoms with Crippen molar-refractivity contribution in [3.8, 4) is 11.5 Å². The van der Waals surface area contributed by atoms with Crippen molar-refractivity contribution in [1.29, 1.82) is 0 Å². The maximum Gasteiger partial charge on any atom is 0.137 e. The molecule has 0 aromatic heterocycles. The van der Waals surface area contributed by atoms with E-state index in [2.05, 4.69) is 122 Å². The molecule has 0 unspecified atom stereocenters. The molecule has 0 aliphatic heterocycles. The molecule has 8 heteroatoms. The second-order valence-corrected chi connectivity index (χ2v) is 12.1. The van der Waals surface area contributed by atoms with Gasteiger partial charge in [0, 0.05) is 36.1 Å². The Kier molecular flexibility index (Phi) is 11.0. The Hall–Kier alpha value is 0.920. The van der Waals surface area contributed by atoms with Crippen molar-refractivity contribution >= 4 is 95.6 Å². The van der Waals surface area contributed by atoms with E-state index in [0.717, 1.165) is 64.0 Å². The van der Waals surface area contributed by atoms with E-state index >= 15 is 0 Å². The van der Waals surface area contributed by atoms with Gasteiger partial charge in [-0.2, -0.15) is 0 Å². The molecule has 2 aromatic carbocycles. The molecule has 160 valence electrons. The largest absolute Gasteiger partial charge is 0.492 e. The van der Waals surface area contributed by atoms with Crippen molar-refractivity contribution in [2.75, 3.05) is 23.9 Å². The van der Waals surface area contributed by atoms with Crippen LogP contribution in [-0.4, -0.2) is 23.9 Å². The van der Waals surface area contributed by atoms with Crippen LogP contribution in [0.25, 0.3) is 0 Å². The predicted octanol–water partition coefficient (Wildman–Crippen LogP) is 9.39. The first-order valence-corrected chi connectivity index (χ1v) is 14.5. The standard InChI is InChI=1S/C21H22Br6O2/c1-21(2,15-9-13(24)11-17(26)19(15)28-7-3-5-22)16-10-14(25)12-18(27)20(16)29-8-4-6-23/h9-12H,3-8H2,1-2H3. The van der Waals surface area contributed by atoms with Gasteiger partial charge >= 0.3 is 0 Å². The van der Waals surface area contributed by atoms with Crippen LogP contribution < -0.4 is 9.47 Å². The van der Waals surface area contributed by atoms with Crippen LogP contribution in [0.15, 0.2) is 42.2 Å². The smallest absolute Gasteiger partial charge is 0.137 e. The van der Waals surface area contributed by atoms with Gasteiger partial charge in [0.15, 0.2) is 0 Å². The normalized spacial score (nSPS) is 11.6. The molecular formula is C21H22Br6O2. The summed E-state index contributed by atoms with van der Waals surface area (Å²) in [6.45, 7) is 5.69. The quantitative estimate of drug-likeness (QED) is 0.177. The van der Waals surface area contributed by atoms with Crippen LogP contribution in [0, 0.1) is 0 Å². The van der Waals surface area contributed by atoms with Gasteiger partial charge in [-0.1, -0.05) is 77.6 Å². The molecule has 29 heavy (non-hydrogen) atoms. The lowest BCUT2D eigenvalue weighted by molar-refractivity contribution is 0.301. The Morgan fingerprint density at radius 2 is 1.07 bits per heavy atom. The zero-order valence-electron chi connectivity index (χ0n) is 16.1. The van der Waals surface area contributed by atoms with E-state index in [9.17, 15) is 0 Å². The molecule has 0 atom stereocenters. The molecule has 0 heterocycles. The summed E-state index contributed by atoms with van der Waals surface area (Å²) in [6, 6.07) is 8.30. The monoisotopic (exact) mass is 780 g/mol. The number of ether oxygens (including phenoxy) is 2. The van der Waals surface area contributed by atoms with Gasteiger partial charge in [-0.15, -0.1) is 0 Å². The topological polar surface area (TPSA) is 18.5 Å². The summed E-state index contributed by atoms with van der Waals surface area (Å²) in [6.07, 6.45) is 1.87. The number of alkyl halides is 2. The second-order valence-electron chi connectivity index (χ2n) is 6.94. The van der Waals surface area contributed by atoms with Gasteiger partial charge in [0.2, 0.25) is 0 Å². The first-order chi connectivity index (χ1) is 13.7. The zero-order chi connectivity index (χ0) is 21.6. The summed E-state index contributed by atoms with van der Waals surface area (Å²) in [4.78, 5) is 0. The second kappa shape index (κ2) is 12.2. The highest BCUT2D eigenvalue weighted by Gasteiger charge is 2.32. The fourth-order valence-electron chi connectivity index (χ4n) is 2.95. The Morgan fingerprint density at radius 1 is 0.690 bits per heavy atom. The summed E-state index contributed by atoms with van der Waals surface area (Å²) in [5.74, 6) is 1.73. The number of halogens is 6. The molecule has 0 saturated carbocycles. The van der Waals surface area contributed by atoms with E-state index in [1.165, 1.54) is 0 Å². The average molecular weight is 786 g/mol. The summed E-state index contributed by atoms with van der Waals surface area (Å²) in [5, 5.41) is 1.81. The fraction of sp³-hybridized carbons (Fsp3) is 0.429. The summed E-state index contributed by atoms with van der Waals surface area (Å²) < 4.78 is 16.3. The number of hydrogen-bond acceptors (Lipinski definition) is 2. The molecule has 0 aliphatic carbocycles. The van der Waals surface area contributed by atoms with Crippen molar-refractivity contribution in [2.45, 2.75) is 32.1 Å². The molecule has 2 rings (SSSR count). The van der Waals surface area contributed by atoms with E-state index in [1.54, 1.807) is 0 Å². The van der Waals surface area contributed by atoms with Gasteiger partial charge in [0.25, 0.3) is 0 Å². The highest BCUT2D eigenvalue weighted by Crippen LogP contribution is 2.48.